The van der Waals surface area contributed by atoms with E-state index in [0.717, 1.165) is 24.7 Å². The van der Waals surface area contributed by atoms with Gasteiger partial charge < -0.3 is 0 Å². The Bertz CT molecular complexity index is 246. The maximum Gasteiger partial charge on any atom is 0.145 e. The predicted octanol–water partition coefficient (Wildman–Crippen LogP) is 3.12. The molecule has 0 N–H and O–H groups in total. The van der Waals surface area contributed by atoms with E-state index in [0.29, 0.717) is 11.3 Å². The van der Waals surface area contributed by atoms with Gasteiger partial charge in [-0.05, 0) is 36.7 Å². The molecular formula is C12H18O. The highest BCUT2D eigenvalue weighted by Gasteiger charge is 2.28. The van der Waals surface area contributed by atoms with Gasteiger partial charge >= 0.3 is 0 Å². The molecule has 1 heteroatoms. The summed E-state index contributed by atoms with van der Waals surface area (Å²) in [4.78, 5) is 10.4. The van der Waals surface area contributed by atoms with Crippen molar-refractivity contribution in [3.05, 3.63) is 23.8 Å². The number of rotatable bonds is 3. The maximum atomic E-state index is 10.4. The Kier molecular flexibility index (Phi) is 3.07. The lowest BCUT2D eigenvalue weighted by Gasteiger charge is -2.25. The first kappa shape index (κ1) is 10.2. The number of hydrogen-bond donors (Lipinski definition) is 0. The average molecular weight is 178 g/mol. The van der Waals surface area contributed by atoms with E-state index in [2.05, 4.69) is 26.0 Å². The summed E-state index contributed by atoms with van der Waals surface area (Å²) in [6, 6.07) is 0. The molecule has 0 amide bonds. The molecule has 0 bridgehead atoms. The largest absolute Gasteiger partial charge is 0.298 e. The lowest BCUT2D eigenvalue weighted by molar-refractivity contribution is -0.104. The fourth-order valence-corrected chi connectivity index (χ4v) is 1.75. The highest BCUT2D eigenvalue weighted by atomic mass is 16.1. The van der Waals surface area contributed by atoms with Gasteiger partial charge in [-0.15, -0.1) is 0 Å². The van der Waals surface area contributed by atoms with E-state index in [1.165, 1.54) is 0 Å². The third kappa shape index (κ3) is 2.55. The lowest BCUT2D eigenvalue weighted by Crippen LogP contribution is -2.16. The standard InChI is InChI=1S/C12H18O/c1-10(9-13)6-7-11-5-4-8-12(11,2)3/h4,6,8-9,11H,5,7H2,1-3H3. The van der Waals surface area contributed by atoms with E-state index in [4.69, 9.17) is 0 Å². The fourth-order valence-electron chi connectivity index (χ4n) is 1.75. The first-order chi connectivity index (χ1) is 6.06. The highest BCUT2D eigenvalue weighted by molar-refractivity contribution is 5.71. The third-order valence-corrected chi connectivity index (χ3v) is 2.93. The van der Waals surface area contributed by atoms with Crippen molar-refractivity contribution in [2.24, 2.45) is 11.3 Å². The van der Waals surface area contributed by atoms with Gasteiger partial charge in [0.1, 0.15) is 6.29 Å². The Hall–Kier alpha value is -0.850. The molecule has 0 heterocycles. The van der Waals surface area contributed by atoms with Gasteiger partial charge in [0.25, 0.3) is 0 Å². The second-order valence-corrected chi connectivity index (χ2v) is 4.46. The first-order valence-corrected chi connectivity index (χ1v) is 4.86. The molecule has 1 nitrogen and oxygen atoms in total. The topological polar surface area (TPSA) is 17.1 Å². The third-order valence-electron chi connectivity index (χ3n) is 2.93. The summed E-state index contributed by atoms with van der Waals surface area (Å²) in [5.74, 6) is 0.669. The molecular weight excluding hydrogens is 160 g/mol. The van der Waals surface area contributed by atoms with Crippen LogP contribution >= 0.6 is 0 Å². The van der Waals surface area contributed by atoms with Crippen molar-refractivity contribution in [3.8, 4) is 0 Å². The summed E-state index contributed by atoms with van der Waals surface area (Å²) in [7, 11) is 0. The van der Waals surface area contributed by atoms with Crippen molar-refractivity contribution in [3.63, 3.8) is 0 Å². The number of aldehydes is 1. The minimum atomic E-state index is 0.305. The molecule has 0 aliphatic heterocycles. The number of hydrogen-bond acceptors (Lipinski definition) is 1. The van der Waals surface area contributed by atoms with Crippen molar-refractivity contribution in [1.82, 2.24) is 0 Å². The van der Waals surface area contributed by atoms with Crippen LogP contribution in [-0.2, 0) is 4.79 Å². The zero-order chi connectivity index (χ0) is 9.90. The van der Waals surface area contributed by atoms with Crippen LogP contribution in [-0.4, -0.2) is 6.29 Å². The van der Waals surface area contributed by atoms with Crippen LogP contribution in [0.15, 0.2) is 23.8 Å². The second-order valence-electron chi connectivity index (χ2n) is 4.46. The van der Waals surface area contributed by atoms with Crippen molar-refractivity contribution >= 4 is 6.29 Å². The maximum absolute atomic E-state index is 10.4. The molecule has 1 atom stereocenters. The van der Waals surface area contributed by atoms with Crippen molar-refractivity contribution in [2.75, 3.05) is 0 Å². The Balaban J connectivity index is 2.52. The lowest BCUT2D eigenvalue weighted by atomic mass is 9.80. The smallest absolute Gasteiger partial charge is 0.145 e. The zero-order valence-electron chi connectivity index (χ0n) is 8.71. The van der Waals surface area contributed by atoms with E-state index in [1.54, 1.807) is 0 Å². The molecule has 0 spiro atoms. The second kappa shape index (κ2) is 3.91. The van der Waals surface area contributed by atoms with Crippen LogP contribution in [0, 0.1) is 11.3 Å². The minimum Gasteiger partial charge on any atom is -0.298 e. The van der Waals surface area contributed by atoms with E-state index in [1.807, 2.05) is 13.0 Å². The van der Waals surface area contributed by atoms with Crippen LogP contribution in [0.5, 0.6) is 0 Å². The molecule has 1 aliphatic rings. The minimum absolute atomic E-state index is 0.305. The molecule has 1 aliphatic carbocycles. The van der Waals surface area contributed by atoms with Gasteiger partial charge in [-0.3, -0.25) is 4.79 Å². The molecule has 0 aromatic rings. The molecule has 0 radical (unpaired) electrons. The molecule has 13 heavy (non-hydrogen) atoms. The van der Waals surface area contributed by atoms with E-state index >= 15 is 0 Å². The zero-order valence-corrected chi connectivity index (χ0v) is 8.71. The van der Waals surface area contributed by atoms with Gasteiger partial charge in [0.05, 0.1) is 0 Å². The summed E-state index contributed by atoms with van der Waals surface area (Å²) >= 11 is 0. The van der Waals surface area contributed by atoms with Crippen LogP contribution < -0.4 is 0 Å². The van der Waals surface area contributed by atoms with E-state index < -0.39 is 0 Å². The molecule has 0 aromatic heterocycles. The number of carbonyl (C=O) groups excluding carboxylic acids is 1. The highest BCUT2D eigenvalue weighted by Crippen LogP contribution is 2.39. The first-order valence-electron chi connectivity index (χ1n) is 4.86. The summed E-state index contributed by atoms with van der Waals surface area (Å²) < 4.78 is 0. The summed E-state index contributed by atoms with van der Waals surface area (Å²) in [6.45, 7) is 6.37. The van der Waals surface area contributed by atoms with E-state index in [9.17, 15) is 4.79 Å². The van der Waals surface area contributed by atoms with Crippen LogP contribution in [0.1, 0.15) is 33.6 Å². The number of allylic oxidation sites excluding steroid dienone is 4. The monoisotopic (exact) mass is 178 g/mol. The van der Waals surface area contributed by atoms with Gasteiger partial charge in [-0.25, -0.2) is 0 Å². The molecule has 0 saturated heterocycles. The number of carbonyl (C=O) groups is 1. The van der Waals surface area contributed by atoms with Crippen molar-refractivity contribution in [2.45, 2.75) is 33.6 Å². The fraction of sp³-hybridized carbons (Fsp3) is 0.583. The summed E-state index contributed by atoms with van der Waals surface area (Å²) in [6.07, 6.45) is 9.67. The Morgan fingerprint density at radius 3 is 2.77 bits per heavy atom. The van der Waals surface area contributed by atoms with Crippen LogP contribution in [0.25, 0.3) is 0 Å². The van der Waals surface area contributed by atoms with Gasteiger partial charge in [0, 0.05) is 0 Å². The quantitative estimate of drug-likeness (QED) is 0.368. The predicted molar refractivity (Wildman–Crippen MR) is 55.5 cm³/mol. The van der Waals surface area contributed by atoms with Crippen molar-refractivity contribution in [1.29, 1.82) is 0 Å². The van der Waals surface area contributed by atoms with Crippen LogP contribution in [0.2, 0.25) is 0 Å². The molecule has 0 aromatic carbocycles. The van der Waals surface area contributed by atoms with Gasteiger partial charge in [0.15, 0.2) is 0 Å². The Labute approximate surface area is 80.5 Å². The van der Waals surface area contributed by atoms with E-state index in [-0.39, 0.29) is 0 Å². The van der Waals surface area contributed by atoms with Gasteiger partial charge in [-0.2, -0.15) is 0 Å². The molecule has 1 rings (SSSR count). The molecule has 0 saturated carbocycles. The SMILES string of the molecule is CC(C=O)=CCC1CC=CC1(C)C. The van der Waals surface area contributed by atoms with Gasteiger partial charge in [-0.1, -0.05) is 32.1 Å². The van der Waals surface area contributed by atoms with Crippen LogP contribution in [0.3, 0.4) is 0 Å². The van der Waals surface area contributed by atoms with Crippen molar-refractivity contribution < 1.29 is 4.79 Å². The Morgan fingerprint density at radius 2 is 2.31 bits per heavy atom. The molecule has 0 fully saturated rings. The Morgan fingerprint density at radius 1 is 1.62 bits per heavy atom. The van der Waals surface area contributed by atoms with Gasteiger partial charge in [0.2, 0.25) is 0 Å². The molecule has 72 valence electrons. The normalized spacial score (nSPS) is 26.4. The average Bonchev–Trinajstić information content (AvgIpc) is 2.41. The summed E-state index contributed by atoms with van der Waals surface area (Å²) in [5.41, 5.74) is 1.15. The molecule has 1 unspecified atom stereocenters. The summed E-state index contributed by atoms with van der Waals surface area (Å²) in [5, 5.41) is 0. The van der Waals surface area contributed by atoms with Crippen LogP contribution in [0.4, 0.5) is 0 Å².